The van der Waals surface area contributed by atoms with Crippen molar-refractivity contribution in [1.82, 2.24) is 9.97 Å². The van der Waals surface area contributed by atoms with E-state index in [0.717, 1.165) is 28.1 Å². The molecule has 2 heterocycles. The third kappa shape index (κ3) is 0.836. The van der Waals surface area contributed by atoms with Crippen LogP contribution in [0.5, 0.6) is 0 Å². The molecule has 0 aliphatic heterocycles. The summed E-state index contributed by atoms with van der Waals surface area (Å²) in [7, 11) is 0. The second kappa shape index (κ2) is 2.48. The Hall–Kier alpha value is -2.03. The Morgan fingerprint density at radius 1 is 1.21 bits per heavy atom. The van der Waals surface area contributed by atoms with Gasteiger partial charge in [-0.15, -0.1) is 0 Å². The second-order valence-corrected chi connectivity index (χ2v) is 3.31. The Bertz CT molecular complexity index is 618. The van der Waals surface area contributed by atoms with Gasteiger partial charge < -0.3 is 9.97 Å². The predicted octanol–water partition coefficient (Wildman–Crippen LogP) is 2.46. The van der Waals surface area contributed by atoms with Gasteiger partial charge in [0.05, 0.1) is 11.2 Å². The number of aromatic amines is 2. The van der Waals surface area contributed by atoms with Gasteiger partial charge >= 0.3 is 0 Å². The molecule has 0 bridgehead atoms. The molecule has 0 atom stereocenters. The van der Waals surface area contributed by atoms with Crippen LogP contribution in [-0.4, -0.2) is 16.3 Å². The Morgan fingerprint density at radius 2 is 2.14 bits per heavy atom. The number of hydrogen-bond acceptors (Lipinski definition) is 1. The minimum Gasteiger partial charge on any atom is -0.361 e. The molecule has 0 saturated heterocycles. The zero-order valence-corrected chi connectivity index (χ0v) is 7.37. The lowest BCUT2D eigenvalue weighted by Gasteiger charge is -1.91. The minimum absolute atomic E-state index is 0.619. The zero-order valence-electron chi connectivity index (χ0n) is 7.37. The first-order valence-electron chi connectivity index (χ1n) is 4.42. The van der Waals surface area contributed by atoms with E-state index in [9.17, 15) is 4.79 Å². The average molecular weight is 184 g/mol. The molecule has 0 spiro atoms. The molecule has 0 saturated carbocycles. The van der Waals surface area contributed by atoms with Crippen LogP contribution in [0.1, 0.15) is 10.5 Å². The Balaban J connectivity index is 2.54. The summed E-state index contributed by atoms with van der Waals surface area (Å²) in [6, 6.07) is 7.87. The number of rotatable bonds is 1. The van der Waals surface area contributed by atoms with Crippen LogP contribution >= 0.6 is 0 Å². The molecule has 1 aromatic carbocycles. The largest absolute Gasteiger partial charge is 0.361 e. The van der Waals surface area contributed by atoms with Crippen LogP contribution in [0.25, 0.3) is 21.8 Å². The van der Waals surface area contributed by atoms with Crippen LogP contribution in [0, 0.1) is 0 Å². The highest BCUT2D eigenvalue weighted by molar-refractivity contribution is 6.06. The lowest BCUT2D eigenvalue weighted by atomic mass is 10.2. The average Bonchev–Trinajstić information content (AvgIpc) is 2.82. The monoisotopic (exact) mass is 184 g/mol. The molecule has 3 rings (SSSR count). The maximum absolute atomic E-state index is 10.6. The summed E-state index contributed by atoms with van der Waals surface area (Å²) in [5.41, 5.74) is 2.72. The highest BCUT2D eigenvalue weighted by Crippen LogP contribution is 2.24. The summed E-state index contributed by atoms with van der Waals surface area (Å²) in [6.45, 7) is 0. The van der Waals surface area contributed by atoms with Crippen molar-refractivity contribution in [2.24, 2.45) is 0 Å². The normalized spacial score (nSPS) is 11.1. The van der Waals surface area contributed by atoms with Crippen molar-refractivity contribution >= 4 is 28.1 Å². The predicted molar refractivity (Wildman–Crippen MR) is 55.5 cm³/mol. The topological polar surface area (TPSA) is 48.6 Å². The van der Waals surface area contributed by atoms with Gasteiger partial charge in [0.2, 0.25) is 0 Å². The molecule has 0 aliphatic rings. The van der Waals surface area contributed by atoms with Crippen LogP contribution in [-0.2, 0) is 0 Å². The van der Waals surface area contributed by atoms with E-state index < -0.39 is 0 Å². The SMILES string of the molecule is O=Cc1cc2ccc3[nH]ccc3c2[nH]1. The molecule has 3 aromatic rings. The molecule has 2 aromatic heterocycles. The summed E-state index contributed by atoms with van der Waals surface area (Å²) < 4.78 is 0. The van der Waals surface area contributed by atoms with Gasteiger partial charge in [-0.05, 0) is 18.2 Å². The first kappa shape index (κ1) is 7.38. The van der Waals surface area contributed by atoms with Gasteiger partial charge in [0.1, 0.15) is 0 Å². The molecule has 0 fully saturated rings. The van der Waals surface area contributed by atoms with E-state index in [1.54, 1.807) is 0 Å². The van der Waals surface area contributed by atoms with Crippen molar-refractivity contribution < 1.29 is 4.79 Å². The van der Waals surface area contributed by atoms with Gasteiger partial charge in [-0.25, -0.2) is 0 Å². The first-order chi connectivity index (χ1) is 6.88. The van der Waals surface area contributed by atoms with Crippen molar-refractivity contribution in [3.05, 3.63) is 36.2 Å². The fourth-order valence-electron chi connectivity index (χ4n) is 1.82. The highest BCUT2D eigenvalue weighted by atomic mass is 16.1. The number of aldehydes is 1. The number of hydrogen-bond donors (Lipinski definition) is 2. The van der Waals surface area contributed by atoms with Crippen LogP contribution in [0.15, 0.2) is 30.5 Å². The van der Waals surface area contributed by atoms with Crippen LogP contribution < -0.4 is 0 Å². The number of benzene rings is 1. The van der Waals surface area contributed by atoms with Gasteiger partial charge in [0, 0.05) is 22.5 Å². The lowest BCUT2D eigenvalue weighted by molar-refractivity contribution is 0.112. The number of aromatic nitrogens is 2. The Morgan fingerprint density at radius 3 is 3.00 bits per heavy atom. The number of carbonyl (C=O) groups excluding carboxylic acids is 1. The molecule has 3 nitrogen and oxygen atoms in total. The van der Waals surface area contributed by atoms with E-state index >= 15 is 0 Å². The quantitative estimate of drug-likeness (QED) is 0.561. The standard InChI is InChI=1S/C11H8N2O/c14-6-8-5-7-1-2-10-9(3-4-12-10)11(7)13-8/h1-6,12-13H. The zero-order chi connectivity index (χ0) is 9.54. The summed E-state index contributed by atoms with van der Waals surface area (Å²) in [6.07, 6.45) is 2.73. The molecular weight excluding hydrogens is 176 g/mol. The van der Waals surface area contributed by atoms with Crippen LogP contribution in [0.2, 0.25) is 0 Å². The molecule has 0 radical (unpaired) electrons. The lowest BCUT2D eigenvalue weighted by Crippen LogP contribution is -1.75. The molecule has 0 aliphatic carbocycles. The molecule has 2 N–H and O–H groups in total. The maximum Gasteiger partial charge on any atom is 0.166 e. The van der Waals surface area contributed by atoms with Crippen molar-refractivity contribution in [2.75, 3.05) is 0 Å². The Labute approximate surface area is 79.7 Å². The van der Waals surface area contributed by atoms with E-state index in [0.29, 0.717) is 5.69 Å². The molecule has 68 valence electrons. The Kier molecular flexibility index (Phi) is 1.31. The van der Waals surface area contributed by atoms with Crippen molar-refractivity contribution in [2.45, 2.75) is 0 Å². The molecule has 14 heavy (non-hydrogen) atoms. The minimum atomic E-state index is 0.619. The van der Waals surface area contributed by atoms with E-state index in [1.807, 2.05) is 30.5 Å². The second-order valence-electron chi connectivity index (χ2n) is 3.31. The number of fused-ring (bicyclic) bond motifs is 3. The van der Waals surface area contributed by atoms with Gasteiger partial charge in [-0.1, -0.05) is 6.07 Å². The summed E-state index contributed by atoms with van der Waals surface area (Å²) >= 11 is 0. The van der Waals surface area contributed by atoms with E-state index in [1.165, 1.54) is 0 Å². The van der Waals surface area contributed by atoms with Gasteiger partial charge in [-0.2, -0.15) is 0 Å². The highest BCUT2D eigenvalue weighted by Gasteiger charge is 2.04. The summed E-state index contributed by atoms with van der Waals surface area (Å²) in [4.78, 5) is 16.8. The maximum atomic E-state index is 10.6. The number of carbonyl (C=O) groups is 1. The first-order valence-corrected chi connectivity index (χ1v) is 4.42. The van der Waals surface area contributed by atoms with E-state index in [2.05, 4.69) is 9.97 Å². The van der Waals surface area contributed by atoms with Crippen LogP contribution in [0.3, 0.4) is 0 Å². The van der Waals surface area contributed by atoms with Crippen LogP contribution in [0.4, 0.5) is 0 Å². The molecule has 3 heteroatoms. The summed E-state index contributed by atoms with van der Waals surface area (Å²) in [5.74, 6) is 0. The van der Waals surface area contributed by atoms with Crippen molar-refractivity contribution in [3.8, 4) is 0 Å². The van der Waals surface area contributed by atoms with Crippen molar-refractivity contribution in [1.29, 1.82) is 0 Å². The third-order valence-corrected chi connectivity index (χ3v) is 2.47. The third-order valence-electron chi connectivity index (χ3n) is 2.47. The van der Waals surface area contributed by atoms with Gasteiger partial charge in [-0.3, -0.25) is 4.79 Å². The van der Waals surface area contributed by atoms with Gasteiger partial charge in [0.15, 0.2) is 6.29 Å². The number of nitrogens with one attached hydrogen (secondary N) is 2. The van der Waals surface area contributed by atoms with E-state index in [-0.39, 0.29) is 0 Å². The fourth-order valence-corrected chi connectivity index (χ4v) is 1.82. The summed E-state index contributed by atoms with van der Waals surface area (Å²) in [5, 5.41) is 2.19. The molecular formula is C11H8N2O. The number of H-pyrrole nitrogens is 2. The smallest absolute Gasteiger partial charge is 0.166 e. The van der Waals surface area contributed by atoms with Gasteiger partial charge in [0.25, 0.3) is 0 Å². The van der Waals surface area contributed by atoms with E-state index in [4.69, 9.17) is 0 Å². The fraction of sp³-hybridized carbons (Fsp3) is 0. The van der Waals surface area contributed by atoms with Crippen molar-refractivity contribution in [3.63, 3.8) is 0 Å². The molecule has 0 unspecified atom stereocenters. The molecule has 0 amide bonds.